The molecule has 180 valence electrons. The molecule has 2 aromatic heterocycles. The van der Waals surface area contributed by atoms with Crippen LogP contribution in [0.4, 0.5) is 5.13 Å². The number of anilines is 1. The highest BCUT2D eigenvalue weighted by atomic mass is 32.2. The average molecular weight is 512 g/mol. The van der Waals surface area contributed by atoms with Crippen LogP contribution in [-0.2, 0) is 4.79 Å². The minimum Gasteiger partial charge on any atom is -0.301 e. The summed E-state index contributed by atoms with van der Waals surface area (Å²) in [6, 6.07) is 26.2. The van der Waals surface area contributed by atoms with Crippen LogP contribution in [0.2, 0.25) is 0 Å². The number of thioether (sulfide) groups is 1. The van der Waals surface area contributed by atoms with Gasteiger partial charge in [0.2, 0.25) is 5.91 Å². The smallest absolute Gasteiger partial charge is 0.239 e. The van der Waals surface area contributed by atoms with Gasteiger partial charge in [-0.05, 0) is 44.0 Å². The van der Waals surface area contributed by atoms with Crippen molar-refractivity contribution in [2.24, 2.45) is 0 Å². The van der Waals surface area contributed by atoms with E-state index in [-0.39, 0.29) is 5.91 Å². The van der Waals surface area contributed by atoms with E-state index in [1.54, 1.807) is 0 Å². The number of nitrogens with zero attached hydrogens (tertiary/aromatic N) is 4. The van der Waals surface area contributed by atoms with Crippen LogP contribution in [0, 0.1) is 13.8 Å². The van der Waals surface area contributed by atoms with Crippen molar-refractivity contribution in [1.29, 1.82) is 0 Å². The minimum atomic E-state index is -0.410. The highest BCUT2D eigenvalue weighted by molar-refractivity contribution is 8.00. The molecule has 8 heteroatoms. The fraction of sp³-hybridized carbons (Fsp3) is 0.143. The van der Waals surface area contributed by atoms with E-state index in [1.165, 1.54) is 34.2 Å². The summed E-state index contributed by atoms with van der Waals surface area (Å²) in [6.07, 6.45) is 0. The largest absolute Gasteiger partial charge is 0.301 e. The van der Waals surface area contributed by atoms with Crippen molar-refractivity contribution in [2.75, 3.05) is 5.32 Å². The van der Waals surface area contributed by atoms with E-state index in [9.17, 15) is 4.79 Å². The molecule has 5 rings (SSSR count). The highest BCUT2D eigenvalue weighted by Crippen LogP contribution is 2.32. The number of carbonyl (C=O) groups is 1. The Labute approximate surface area is 218 Å². The number of nitrogens with one attached hydrogen (secondary N) is 1. The second kappa shape index (κ2) is 10.5. The van der Waals surface area contributed by atoms with Crippen LogP contribution in [-0.4, -0.2) is 30.9 Å². The molecule has 1 atom stereocenters. The van der Waals surface area contributed by atoms with Gasteiger partial charge < -0.3 is 5.32 Å². The lowest BCUT2D eigenvalue weighted by molar-refractivity contribution is -0.115. The molecule has 0 unspecified atom stereocenters. The Morgan fingerprint density at radius 2 is 1.61 bits per heavy atom. The van der Waals surface area contributed by atoms with E-state index >= 15 is 0 Å². The van der Waals surface area contributed by atoms with E-state index in [0.717, 1.165) is 28.3 Å². The van der Waals surface area contributed by atoms with Crippen LogP contribution in [0.5, 0.6) is 0 Å². The minimum absolute atomic E-state index is 0.134. The third-order valence-electron chi connectivity index (χ3n) is 5.87. The lowest BCUT2D eigenvalue weighted by Gasteiger charge is -2.14. The first kappa shape index (κ1) is 24.0. The number of hydrogen-bond acceptors (Lipinski definition) is 6. The van der Waals surface area contributed by atoms with Gasteiger partial charge in [0.15, 0.2) is 16.1 Å². The predicted octanol–water partition coefficient (Wildman–Crippen LogP) is 6.79. The zero-order valence-electron chi connectivity index (χ0n) is 20.2. The van der Waals surface area contributed by atoms with Crippen LogP contribution >= 0.6 is 23.1 Å². The van der Waals surface area contributed by atoms with E-state index < -0.39 is 5.25 Å². The number of rotatable bonds is 7. The van der Waals surface area contributed by atoms with Crippen LogP contribution in [0.15, 0.2) is 89.4 Å². The Morgan fingerprint density at radius 3 is 2.31 bits per heavy atom. The van der Waals surface area contributed by atoms with Crippen molar-refractivity contribution >= 4 is 34.1 Å². The molecule has 5 aromatic rings. The van der Waals surface area contributed by atoms with Gasteiger partial charge in [-0.3, -0.25) is 9.36 Å². The molecular weight excluding hydrogens is 486 g/mol. The number of benzene rings is 3. The Hall–Kier alpha value is -3.75. The first-order valence-corrected chi connectivity index (χ1v) is 13.3. The monoisotopic (exact) mass is 511 g/mol. The third kappa shape index (κ3) is 5.10. The van der Waals surface area contributed by atoms with Crippen molar-refractivity contribution in [3.05, 3.63) is 95.4 Å². The molecule has 36 heavy (non-hydrogen) atoms. The van der Waals surface area contributed by atoms with Gasteiger partial charge in [-0.25, -0.2) is 4.98 Å². The fourth-order valence-corrected chi connectivity index (χ4v) is 5.30. The van der Waals surface area contributed by atoms with Gasteiger partial charge in [-0.1, -0.05) is 78.5 Å². The first-order valence-electron chi connectivity index (χ1n) is 11.6. The zero-order chi connectivity index (χ0) is 25.1. The molecule has 0 aliphatic heterocycles. The Morgan fingerprint density at radius 1 is 0.917 bits per heavy atom. The number of carbonyl (C=O) groups excluding carboxylic acids is 1. The molecule has 0 saturated carbocycles. The van der Waals surface area contributed by atoms with Crippen molar-refractivity contribution in [3.8, 4) is 28.3 Å². The normalized spacial score (nSPS) is 11.9. The van der Waals surface area contributed by atoms with Gasteiger partial charge in [-0.15, -0.1) is 21.5 Å². The molecule has 1 N–H and O–H groups in total. The number of aromatic nitrogens is 4. The predicted molar refractivity (Wildman–Crippen MR) is 148 cm³/mol. The van der Waals surface area contributed by atoms with Gasteiger partial charge in [0.05, 0.1) is 16.6 Å². The SMILES string of the molecule is Cc1ccc(-n2c(S[C@@H](C)C(=O)Nc3nc(-c4ccccc4)cs3)nnc2-c2ccccc2)cc1C. The summed E-state index contributed by atoms with van der Waals surface area (Å²) in [5.41, 5.74) is 6.19. The molecule has 0 aliphatic rings. The van der Waals surface area contributed by atoms with Crippen molar-refractivity contribution in [2.45, 2.75) is 31.2 Å². The van der Waals surface area contributed by atoms with Gasteiger partial charge in [0, 0.05) is 16.5 Å². The van der Waals surface area contributed by atoms with Crippen LogP contribution in [0.25, 0.3) is 28.3 Å². The topological polar surface area (TPSA) is 72.7 Å². The van der Waals surface area contributed by atoms with Gasteiger partial charge >= 0.3 is 0 Å². The Bertz CT molecular complexity index is 1500. The molecular formula is C28H25N5OS2. The summed E-state index contributed by atoms with van der Waals surface area (Å²) in [4.78, 5) is 17.6. The number of aryl methyl sites for hydroxylation is 2. The molecule has 6 nitrogen and oxygen atoms in total. The maximum absolute atomic E-state index is 13.1. The lowest BCUT2D eigenvalue weighted by Crippen LogP contribution is -2.22. The summed E-state index contributed by atoms with van der Waals surface area (Å²) in [6.45, 7) is 6.05. The molecule has 0 radical (unpaired) electrons. The van der Waals surface area contributed by atoms with Gasteiger partial charge in [0.25, 0.3) is 0 Å². The molecule has 1 amide bonds. The lowest BCUT2D eigenvalue weighted by atomic mass is 10.1. The third-order valence-corrected chi connectivity index (χ3v) is 7.67. The molecule has 0 fully saturated rings. The van der Waals surface area contributed by atoms with E-state index in [4.69, 9.17) is 0 Å². The number of hydrogen-bond donors (Lipinski definition) is 1. The molecule has 0 saturated heterocycles. The summed E-state index contributed by atoms with van der Waals surface area (Å²) in [7, 11) is 0. The molecule has 0 bridgehead atoms. The van der Waals surface area contributed by atoms with E-state index in [2.05, 4.69) is 52.5 Å². The second-order valence-corrected chi connectivity index (χ2v) is 10.6. The second-order valence-electron chi connectivity index (χ2n) is 8.43. The summed E-state index contributed by atoms with van der Waals surface area (Å²) < 4.78 is 2.02. The van der Waals surface area contributed by atoms with Gasteiger partial charge in [0.1, 0.15) is 0 Å². The van der Waals surface area contributed by atoms with E-state index in [1.807, 2.05) is 77.5 Å². The molecule has 0 aliphatic carbocycles. The quantitative estimate of drug-likeness (QED) is 0.244. The van der Waals surface area contributed by atoms with Crippen molar-refractivity contribution in [3.63, 3.8) is 0 Å². The maximum Gasteiger partial charge on any atom is 0.239 e. The molecule has 3 aromatic carbocycles. The summed E-state index contributed by atoms with van der Waals surface area (Å²) in [5.74, 6) is 0.603. The number of amides is 1. The first-order chi connectivity index (χ1) is 17.5. The summed E-state index contributed by atoms with van der Waals surface area (Å²) >= 11 is 2.79. The zero-order valence-corrected chi connectivity index (χ0v) is 21.8. The van der Waals surface area contributed by atoms with Crippen LogP contribution in [0.1, 0.15) is 18.1 Å². The molecule has 0 spiro atoms. The standard InChI is InChI=1S/C28H25N5OS2/c1-18-14-15-23(16-19(18)2)33-25(22-12-8-5-9-13-22)31-32-28(33)36-20(3)26(34)30-27-29-24(17-35-27)21-10-6-4-7-11-21/h4-17,20H,1-3H3,(H,29,30,34)/t20-/m0/s1. The van der Waals surface area contributed by atoms with Crippen molar-refractivity contribution < 1.29 is 4.79 Å². The number of thiazole rings is 1. The van der Waals surface area contributed by atoms with Crippen molar-refractivity contribution in [1.82, 2.24) is 19.7 Å². The maximum atomic E-state index is 13.1. The Balaban J connectivity index is 1.40. The Kier molecular flexibility index (Phi) is 6.97. The average Bonchev–Trinajstić information content (AvgIpc) is 3.54. The fourth-order valence-electron chi connectivity index (χ4n) is 3.71. The van der Waals surface area contributed by atoms with Crippen LogP contribution in [0.3, 0.4) is 0 Å². The van der Waals surface area contributed by atoms with E-state index in [0.29, 0.717) is 10.3 Å². The van der Waals surface area contributed by atoms with Crippen LogP contribution < -0.4 is 5.32 Å². The summed E-state index contributed by atoms with van der Waals surface area (Å²) in [5, 5.41) is 14.7. The molecule has 2 heterocycles. The van der Waals surface area contributed by atoms with Gasteiger partial charge in [-0.2, -0.15) is 0 Å². The highest BCUT2D eigenvalue weighted by Gasteiger charge is 2.23.